The molecular weight excluding hydrogens is 452 g/mol. The highest BCUT2D eigenvalue weighted by atomic mass is 16.5. The van der Waals surface area contributed by atoms with Gasteiger partial charge in [-0.25, -0.2) is 9.97 Å². The standard InChI is InChI=1S/C28H26N6O2/c1-18-6-5-7-20(16-18)17-31-34-26(29)24(25-27(34)33-23-9-4-3-8-22(23)32-25)28(35)30-15-14-19-10-12-21(36-2)13-11-19/h3-13,16-17H,14-15,29H2,1-2H3,(H,30,35). The van der Waals surface area contributed by atoms with Crippen molar-refractivity contribution >= 4 is 40.1 Å². The summed E-state index contributed by atoms with van der Waals surface area (Å²) in [4.78, 5) is 22.7. The molecule has 3 N–H and O–H groups in total. The van der Waals surface area contributed by atoms with Crippen LogP contribution in [0.15, 0.2) is 77.9 Å². The number of hydrogen-bond donors (Lipinski definition) is 2. The number of anilines is 1. The van der Waals surface area contributed by atoms with E-state index in [0.29, 0.717) is 35.2 Å². The number of carbonyl (C=O) groups excluding carboxylic acids is 1. The van der Waals surface area contributed by atoms with Gasteiger partial charge in [0.1, 0.15) is 22.6 Å². The van der Waals surface area contributed by atoms with E-state index in [9.17, 15) is 4.79 Å². The molecule has 2 heterocycles. The fraction of sp³-hybridized carbons (Fsp3) is 0.143. The van der Waals surface area contributed by atoms with Crippen LogP contribution in [0.5, 0.6) is 5.75 Å². The molecule has 1 amide bonds. The van der Waals surface area contributed by atoms with Gasteiger partial charge >= 0.3 is 0 Å². The first-order valence-electron chi connectivity index (χ1n) is 11.6. The third kappa shape index (κ3) is 4.61. The van der Waals surface area contributed by atoms with Gasteiger partial charge in [-0.3, -0.25) is 4.79 Å². The topological polar surface area (TPSA) is 107 Å². The van der Waals surface area contributed by atoms with Crippen LogP contribution in [0.25, 0.3) is 22.2 Å². The normalized spacial score (nSPS) is 11.4. The summed E-state index contributed by atoms with van der Waals surface area (Å²) in [6.07, 6.45) is 2.36. The number of nitrogens with one attached hydrogen (secondary N) is 1. The zero-order valence-corrected chi connectivity index (χ0v) is 20.1. The summed E-state index contributed by atoms with van der Waals surface area (Å²) in [7, 11) is 1.63. The Labute approximate surface area is 208 Å². The first kappa shape index (κ1) is 23.0. The van der Waals surface area contributed by atoms with E-state index < -0.39 is 0 Å². The average Bonchev–Trinajstić information content (AvgIpc) is 3.16. The van der Waals surface area contributed by atoms with Gasteiger partial charge in [-0.15, -0.1) is 0 Å². The smallest absolute Gasteiger partial charge is 0.257 e. The maximum atomic E-state index is 13.3. The second-order valence-electron chi connectivity index (χ2n) is 8.47. The van der Waals surface area contributed by atoms with Crippen LogP contribution in [0, 0.1) is 6.92 Å². The zero-order chi connectivity index (χ0) is 25.1. The van der Waals surface area contributed by atoms with Crippen molar-refractivity contribution in [2.24, 2.45) is 5.10 Å². The maximum absolute atomic E-state index is 13.3. The third-order valence-electron chi connectivity index (χ3n) is 5.92. The van der Waals surface area contributed by atoms with Crippen molar-refractivity contribution < 1.29 is 9.53 Å². The number of para-hydroxylation sites is 2. The number of fused-ring (bicyclic) bond motifs is 2. The minimum absolute atomic E-state index is 0.186. The van der Waals surface area contributed by atoms with Crippen LogP contribution >= 0.6 is 0 Å². The van der Waals surface area contributed by atoms with Crippen LogP contribution in [-0.4, -0.2) is 40.4 Å². The SMILES string of the molecule is COc1ccc(CCNC(=O)c2c(N)n(N=Cc3cccc(C)c3)c3nc4ccccc4nc23)cc1. The number of methoxy groups -OCH3 is 1. The van der Waals surface area contributed by atoms with Gasteiger partial charge in [0, 0.05) is 6.54 Å². The maximum Gasteiger partial charge on any atom is 0.257 e. The van der Waals surface area contributed by atoms with Crippen LogP contribution in [-0.2, 0) is 6.42 Å². The van der Waals surface area contributed by atoms with Gasteiger partial charge in [-0.05, 0) is 48.7 Å². The summed E-state index contributed by atoms with van der Waals surface area (Å²) in [6.45, 7) is 2.45. The van der Waals surface area contributed by atoms with Crippen molar-refractivity contribution in [2.45, 2.75) is 13.3 Å². The van der Waals surface area contributed by atoms with Gasteiger partial charge in [0.25, 0.3) is 5.91 Å². The predicted molar refractivity (Wildman–Crippen MR) is 143 cm³/mol. The highest BCUT2D eigenvalue weighted by Gasteiger charge is 2.24. The molecule has 0 saturated carbocycles. The fourth-order valence-electron chi connectivity index (χ4n) is 4.06. The van der Waals surface area contributed by atoms with Gasteiger partial charge in [-0.2, -0.15) is 9.78 Å². The molecule has 180 valence electrons. The van der Waals surface area contributed by atoms with Gasteiger partial charge in [0.15, 0.2) is 5.65 Å². The van der Waals surface area contributed by atoms with Crippen LogP contribution in [0.4, 0.5) is 5.82 Å². The van der Waals surface area contributed by atoms with Crippen molar-refractivity contribution in [1.29, 1.82) is 0 Å². The van der Waals surface area contributed by atoms with Crippen molar-refractivity contribution in [3.63, 3.8) is 0 Å². The molecule has 0 bridgehead atoms. The molecule has 5 aromatic rings. The highest BCUT2D eigenvalue weighted by Crippen LogP contribution is 2.28. The number of benzene rings is 3. The molecule has 2 aromatic heterocycles. The minimum Gasteiger partial charge on any atom is -0.497 e. The Morgan fingerprint density at radius 2 is 1.81 bits per heavy atom. The van der Waals surface area contributed by atoms with Crippen molar-refractivity contribution in [1.82, 2.24) is 20.0 Å². The number of nitrogen functional groups attached to an aromatic ring is 1. The number of aryl methyl sites for hydroxylation is 1. The number of hydrogen-bond acceptors (Lipinski definition) is 6. The third-order valence-corrected chi connectivity index (χ3v) is 5.92. The Morgan fingerprint density at radius 1 is 1.06 bits per heavy atom. The van der Waals surface area contributed by atoms with Gasteiger partial charge in [0.2, 0.25) is 0 Å². The molecule has 8 nitrogen and oxygen atoms in total. The minimum atomic E-state index is -0.319. The summed E-state index contributed by atoms with van der Waals surface area (Å²) >= 11 is 0. The lowest BCUT2D eigenvalue weighted by Gasteiger charge is -2.06. The van der Waals surface area contributed by atoms with Crippen LogP contribution in [0.3, 0.4) is 0 Å². The molecule has 0 spiro atoms. The number of nitrogens with zero attached hydrogens (tertiary/aromatic N) is 4. The highest BCUT2D eigenvalue weighted by molar-refractivity contribution is 6.10. The summed E-state index contributed by atoms with van der Waals surface area (Å²) < 4.78 is 6.68. The molecule has 0 radical (unpaired) electrons. The molecule has 0 unspecified atom stereocenters. The number of amides is 1. The largest absolute Gasteiger partial charge is 0.497 e. The lowest BCUT2D eigenvalue weighted by molar-refractivity contribution is 0.0956. The second-order valence-corrected chi connectivity index (χ2v) is 8.47. The van der Waals surface area contributed by atoms with E-state index in [2.05, 4.69) is 10.4 Å². The van der Waals surface area contributed by atoms with Crippen LogP contribution < -0.4 is 15.8 Å². The first-order chi connectivity index (χ1) is 17.5. The number of aromatic nitrogens is 3. The van der Waals surface area contributed by atoms with Crippen molar-refractivity contribution in [3.8, 4) is 5.75 Å². The second kappa shape index (κ2) is 9.87. The average molecular weight is 479 g/mol. The Morgan fingerprint density at radius 3 is 2.53 bits per heavy atom. The molecule has 36 heavy (non-hydrogen) atoms. The van der Waals surface area contributed by atoms with E-state index in [1.165, 1.54) is 4.68 Å². The Balaban J connectivity index is 1.49. The molecule has 5 rings (SSSR count). The van der Waals surface area contributed by atoms with Gasteiger partial charge < -0.3 is 15.8 Å². The molecule has 8 heteroatoms. The summed E-state index contributed by atoms with van der Waals surface area (Å²) in [5.41, 5.74) is 12.1. The Kier molecular flexibility index (Phi) is 6.32. The number of nitrogens with two attached hydrogens (primary N) is 1. The van der Waals surface area contributed by atoms with Crippen LogP contribution in [0.1, 0.15) is 27.0 Å². The monoisotopic (exact) mass is 478 g/mol. The number of carbonyl (C=O) groups is 1. The number of ether oxygens (including phenoxy) is 1. The lowest BCUT2D eigenvalue weighted by atomic mass is 10.1. The quantitative estimate of drug-likeness (QED) is 0.339. The van der Waals surface area contributed by atoms with E-state index in [4.69, 9.17) is 20.4 Å². The molecule has 0 atom stereocenters. The molecule has 0 aliphatic rings. The van der Waals surface area contributed by atoms with E-state index in [1.54, 1.807) is 13.3 Å². The van der Waals surface area contributed by atoms with Crippen molar-refractivity contribution in [2.75, 3.05) is 19.4 Å². The van der Waals surface area contributed by atoms with E-state index in [-0.39, 0.29) is 17.3 Å². The van der Waals surface area contributed by atoms with Gasteiger partial charge in [-0.1, -0.05) is 54.1 Å². The Hall–Kier alpha value is -4.72. The molecule has 0 fully saturated rings. The van der Waals surface area contributed by atoms with Gasteiger partial charge in [0.05, 0.1) is 24.4 Å². The summed E-state index contributed by atoms with van der Waals surface area (Å²) in [6, 6.07) is 23.2. The summed E-state index contributed by atoms with van der Waals surface area (Å²) in [5, 5.41) is 7.54. The van der Waals surface area contributed by atoms with Crippen LogP contribution in [0.2, 0.25) is 0 Å². The van der Waals surface area contributed by atoms with E-state index >= 15 is 0 Å². The van der Waals surface area contributed by atoms with E-state index in [0.717, 1.165) is 22.4 Å². The molecule has 0 aliphatic carbocycles. The predicted octanol–water partition coefficient (Wildman–Crippen LogP) is 4.34. The lowest BCUT2D eigenvalue weighted by Crippen LogP contribution is -2.26. The molecule has 0 saturated heterocycles. The van der Waals surface area contributed by atoms with Crippen molar-refractivity contribution in [3.05, 3.63) is 95.1 Å². The Bertz CT molecular complexity index is 1590. The first-order valence-corrected chi connectivity index (χ1v) is 11.6. The molecule has 3 aromatic carbocycles. The molecule has 0 aliphatic heterocycles. The fourth-order valence-corrected chi connectivity index (χ4v) is 4.06. The zero-order valence-electron chi connectivity index (χ0n) is 20.1. The molecular formula is C28H26N6O2. The number of rotatable bonds is 7. The summed E-state index contributed by atoms with van der Waals surface area (Å²) in [5.74, 6) is 0.659. The van der Waals surface area contributed by atoms with E-state index in [1.807, 2.05) is 79.7 Å².